The molecule has 0 heterocycles. The standard InChI is InChI=1S/C40H66O7S.Na/c1-3-5-7-9-11-13-15-17-19-21-23-25-27-29-34-46-39(41)36-32-31-33-37(48(43,44)45)38(36)40(42)47-35-30-28-26-24-22-20-18-16-14-12-10-8-6-4-2;/h21-24,31-33H,3-20,25-30,34-35H2,1-2H3,(H,43,44,45);/q;+1/p-1/b23-21+,24-22+;. The molecule has 0 N–H and O–H groups in total. The minimum Gasteiger partial charge on any atom is -0.744 e. The van der Waals surface area contributed by atoms with Gasteiger partial charge in [0.05, 0.1) is 29.2 Å². The zero-order valence-corrected chi connectivity index (χ0v) is 34.0. The number of esters is 2. The molecule has 7 nitrogen and oxygen atoms in total. The third kappa shape index (κ3) is 25.2. The van der Waals surface area contributed by atoms with Gasteiger partial charge in [-0.1, -0.05) is 134 Å². The van der Waals surface area contributed by atoms with Crippen LogP contribution in [0.1, 0.15) is 189 Å². The molecule has 1 aromatic carbocycles. The fourth-order valence-electron chi connectivity index (χ4n) is 5.59. The molecule has 0 aromatic heterocycles. The fraction of sp³-hybridized carbons (Fsp3) is 0.700. The molecule has 274 valence electrons. The molecule has 49 heavy (non-hydrogen) atoms. The Morgan fingerprint density at radius 2 is 0.939 bits per heavy atom. The van der Waals surface area contributed by atoms with E-state index in [-0.39, 0.29) is 48.3 Å². The van der Waals surface area contributed by atoms with Gasteiger partial charge in [0.25, 0.3) is 0 Å². The molecule has 0 atom stereocenters. The molecule has 0 aliphatic rings. The molecule has 0 amide bonds. The zero-order chi connectivity index (χ0) is 35.1. The van der Waals surface area contributed by atoms with Crippen molar-refractivity contribution in [1.82, 2.24) is 0 Å². The van der Waals surface area contributed by atoms with E-state index in [1.165, 1.54) is 115 Å². The van der Waals surface area contributed by atoms with Crippen LogP contribution in [0.15, 0.2) is 47.4 Å². The predicted octanol–water partition coefficient (Wildman–Crippen LogP) is 8.42. The number of carbonyl (C=O) groups excluding carboxylic acids is 2. The van der Waals surface area contributed by atoms with E-state index in [0.717, 1.165) is 44.6 Å². The molecule has 0 saturated carbocycles. The van der Waals surface area contributed by atoms with Crippen LogP contribution in [0.4, 0.5) is 0 Å². The summed E-state index contributed by atoms with van der Waals surface area (Å²) in [6.45, 7) is 4.65. The van der Waals surface area contributed by atoms with Crippen molar-refractivity contribution in [2.24, 2.45) is 0 Å². The summed E-state index contributed by atoms with van der Waals surface area (Å²) in [5.41, 5.74) is -0.822. The SMILES string of the molecule is CCCCCCCCCC/C=C/CCCCOC(=O)c1cccc(S(=O)(=O)[O-])c1C(=O)OCCCC/C=C/CCCCCCCCCC.[Na+]. The second-order valence-corrected chi connectivity index (χ2v) is 14.2. The van der Waals surface area contributed by atoms with Crippen LogP contribution in [0.3, 0.4) is 0 Å². The topological polar surface area (TPSA) is 110 Å². The molecule has 0 aliphatic heterocycles. The van der Waals surface area contributed by atoms with Crippen LogP contribution >= 0.6 is 0 Å². The Labute approximate surface area is 321 Å². The Morgan fingerprint density at radius 1 is 0.571 bits per heavy atom. The Hall–Kier alpha value is -1.45. The van der Waals surface area contributed by atoms with E-state index in [1.807, 2.05) is 0 Å². The number of hydrogen-bond donors (Lipinski definition) is 0. The van der Waals surface area contributed by atoms with Crippen molar-refractivity contribution in [2.45, 2.75) is 173 Å². The molecule has 9 heteroatoms. The quantitative estimate of drug-likeness (QED) is 0.0250. The van der Waals surface area contributed by atoms with Gasteiger partial charge in [0.2, 0.25) is 0 Å². The van der Waals surface area contributed by atoms with Crippen molar-refractivity contribution in [2.75, 3.05) is 13.2 Å². The van der Waals surface area contributed by atoms with Crippen LogP contribution in [0, 0.1) is 0 Å². The summed E-state index contributed by atoms with van der Waals surface area (Å²) >= 11 is 0. The maximum Gasteiger partial charge on any atom is 1.00 e. The van der Waals surface area contributed by atoms with E-state index in [9.17, 15) is 22.6 Å². The summed E-state index contributed by atoms with van der Waals surface area (Å²) in [6.07, 6.45) is 36.3. The number of unbranched alkanes of at least 4 members (excludes halogenated alkanes) is 20. The van der Waals surface area contributed by atoms with E-state index in [4.69, 9.17) is 9.47 Å². The van der Waals surface area contributed by atoms with Gasteiger partial charge >= 0.3 is 41.5 Å². The first-order chi connectivity index (χ1) is 23.3. The average Bonchev–Trinajstić information content (AvgIpc) is 3.07. The third-order valence-corrected chi connectivity index (χ3v) is 9.38. The van der Waals surface area contributed by atoms with E-state index in [0.29, 0.717) is 12.8 Å². The second-order valence-electron chi connectivity index (χ2n) is 12.9. The summed E-state index contributed by atoms with van der Waals surface area (Å²) in [7, 11) is -5.02. The molecular formula is C40H65NaO7S. The maximum atomic E-state index is 12.9. The first-order valence-electron chi connectivity index (χ1n) is 19.1. The molecule has 0 saturated heterocycles. The van der Waals surface area contributed by atoms with Crippen LogP contribution in [0.5, 0.6) is 0 Å². The van der Waals surface area contributed by atoms with E-state index >= 15 is 0 Å². The summed E-state index contributed by atoms with van der Waals surface area (Å²) < 4.78 is 46.4. The van der Waals surface area contributed by atoms with Gasteiger partial charge < -0.3 is 14.0 Å². The van der Waals surface area contributed by atoms with Crippen LogP contribution in [0.2, 0.25) is 0 Å². The molecule has 0 unspecified atom stereocenters. The van der Waals surface area contributed by atoms with Crippen molar-refractivity contribution >= 4 is 22.1 Å². The number of rotatable bonds is 31. The van der Waals surface area contributed by atoms with Gasteiger partial charge in [0.15, 0.2) is 0 Å². The van der Waals surface area contributed by atoms with E-state index in [1.54, 1.807) is 0 Å². The van der Waals surface area contributed by atoms with Crippen LogP contribution in [-0.2, 0) is 19.6 Å². The van der Waals surface area contributed by atoms with E-state index in [2.05, 4.69) is 38.2 Å². The van der Waals surface area contributed by atoms with Gasteiger partial charge in [-0.2, -0.15) is 0 Å². The zero-order valence-electron chi connectivity index (χ0n) is 31.2. The molecule has 0 bridgehead atoms. The molecule has 0 spiro atoms. The molecule has 0 fully saturated rings. The predicted molar refractivity (Wildman–Crippen MR) is 195 cm³/mol. The number of allylic oxidation sites excluding steroid dienone is 4. The first-order valence-corrected chi connectivity index (χ1v) is 20.5. The van der Waals surface area contributed by atoms with Crippen molar-refractivity contribution in [3.63, 3.8) is 0 Å². The Kier molecular flexibility index (Phi) is 31.5. The fourth-order valence-corrected chi connectivity index (χ4v) is 6.28. The summed E-state index contributed by atoms with van der Waals surface area (Å²) in [5.74, 6) is -1.86. The summed E-state index contributed by atoms with van der Waals surface area (Å²) in [5, 5.41) is 0. The minimum atomic E-state index is -5.02. The van der Waals surface area contributed by atoms with Gasteiger partial charge in [-0.25, -0.2) is 18.0 Å². The van der Waals surface area contributed by atoms with Crippen LogP contribution < -0.4 is 29.6 Å². The van der Waals surface area contributed by atoms with Gasteiger partial charge in [0.1, 0.15) is 10.1 Å². The van der Waals surface area contributed by atoms with Crippen LogP contribution in [0.25, 0.3) is 0 Å². The molecular weight excluding hydrogens is 647 g/mol. The van der Waals surface area contributed by atoms with Gasteiger partial charge in [-0.05, 0) is 76.3 Å². The summed E-state index contributed by atoms with van der Waals surface area (Å²) in [6, 6.07) is 3.57. The van der Waals surface area contributed by atoms with Crippen LogP contribution in [-0.4, -0.2) is 38.1 Å². The largest absolute Gasteiger partial charge is 1.00 e. The number of benzene rings is 1. The van der Waals surface area contributed by atoms with E-state index < -0.39 is 32.5 Å². The van der Waals surface area contributed by atoms with Crippen molar-refractivity contribution < 1.29 is 61.6 Å². The molecule has 1 aromatic rings. The Morgan fingerprint density at radius 3 is 1.35 bits per heavy atom. The Balaban J connectivity index is 0.0000230. The Bertz CT molecular complexity index is 1150. The van der Waals surface area contributed by atoms with Gasteiger partial charge in [-0.15, -0.1) is 0 Å². The van der Waals surface area contributed by atoms with Gasteiger partial charge in [0, 0.05) is 0 Å². The maximum absolute atomic E-state index is 12.9. The minimum absolute atomic E-state index is 0. The third-order valence-electron chi connectivity index (χ3n) is 8.50. The summed E-state index contributed by atoms with van der Waals surface area (Å²) in [4.78, 5) is 25.0. The molecule has 0 radical (unpaired) electrons. The smallest absolute Gasteiger partial charge is 0.744 e. The van der Waals surface area contributed by atoms with Crippen molar-refractivity contribution in [1.29, 1.82) is 0 Å². The number of ether oxygens (including phenoxy) is 2. The monoisotopic (exact) mass is 712 g/mol. The molecule has 0 aliphatic carbocycles. The normalized spacial score (nSPS) is 11.7. The van der Waals surface area contributed by atoms with Crippen molar-refractivity contribution in [3.8, 4) is 0 Å². The van der Waals surface area contributed by atoms with Gasteiger partial charge in [-0.3, -0.25) is 0 Å². The molecule has 1 rings (SSSR count). The number of hydrogen-bond acceptors (Lipinski definition) is 7. The average molecular weight is 713 g/mol. The second kappa shape index (κ2) is 32.5. The number of carbonyl (C=O) groups is 2. The first kappa shape index (κ1) is 47.5. The van der Waals surface area contributed by atoms with Crippen molar-refractivity contribution in [3.05, 3.63) is 53.6 Å².